The Hall–Kier alpha value is -2.47. The molecule has 1 saturated heterocycles. The first-order chi connectivity index (χ1) is 11.2. The number of amides is 1. The molecule has 2 aromatic rings. The molecule has 1 aliphatic rings. The molecule has 1 amide bonds. The minimum Gasteiger partial charge on any atom is -0.465 e. The number of aromatic nitrogens is 2. The fourth-order valence-corrected chi connectivity index (χ4v) is 3.02. The summed E-state index contributed by atoms with van der Waals surface area (Å²) in [7, 11) is 0. The third-order valence-corrected chi connectivity index (χ3v) is 4.21. The molecule has 23 heavy (non-hydrogen) atoms. The van der Waals surface area contributed by atoms with Gasteiger partial charge in [0, 0.05) is 5.56 Å². The Morgan fingerprint density at radius 2 is 1.87 bits per heavy atom. The van der Waals surface area contributed by atoms with Gasteiger partial charge in [-0.1, -0.05) is 30.3 Å². The Bertz CT molecular complexity index is 639. The molecule has 6 heteroatoms. The van der Waals surface area contributed by atoms with Gasteiger partial charge in [-0.25, -0.2) is 4.79 Å². The number of piperidine rings is 1. The zero-order valence-electron chi connectivity index (χ0n) is 12.8. The molecule has 3 N–H and O–H groups in total. The van der Waals surface area contributed by atoms with Crippen molar-refractivity contribution in [1.82, 2.24) is 20.8 Å². The molecule has 1 atom stereocenters. The third kappa shape index (κ3) is 3.84. The topological polar surface area (TPSA) is 87.1 Å². The van der Waals surface area contributed by atoms with Crippen LogP contribution in [0.2, 0.25) is 0 Å². The van der Waals surface area contributed by atoms with Gasteiger partial charge >= 0.3 is 6.09 Å². The molecule has 6 nitrogen and oxygen atoms in total. The van der Waals surface area contributed by atoms with Gasteiger partial charge in [0.25, 0.3) is 0 Å². The number of nitrogens with one attached hydrogen (secondary N) is 2. The summed E-state index contributed by atoms with van der Waals surface area (Å²) in [5.74, 6) is 0.240. The lowest BCUT2D eigenvalue weighted by molar-refractivity contribution is 0.178. The lowest BCUT2D eigenvalue weighted by Crippen LogP contribution is -2.38. The minimum atomic E-state index is -1.03. The SMILES string of the molecule is O=C(O)NC(c1ccc(-c2ccccc2)nn1)C1CCNCC1. The predicted octanol–water partition coefficient (Wildman–Crippen LogP) is 2.45. The molecule has 0 radical (unpaired) electrons. The van der Waals surface area contributed by atoms with Gasteiger partial charge in [-0.2, -0.15) is 10.2 Å². The Kier molecular flexibility index (Phi) is 4.83. The lowest BCUT2D eigenvalue weighted by Gasteiger charge is -2.30. The van der Waals surface area contributed by atoms with Crippen LogP contribution < -0.4 is 10.6 Å². The van der Waals surface area contributed by atoms with Crippen LogP contribution in [0.3, 0.4) is 0 Å². The van der Waals surface area contributed by atoms with Gasteiger partial charge in [0.15, 0.2) is 0 Å². The Balaban J connectivity index is 1.82. The monoisotopic (exact) mass is 312 g/mol. The largest absolute Gasteiger partial charge is 0.465 e. The van der Waals surface area contributed by atoms with E-state index in [0.29, 0.717) is 5.69 Å². The maximum atomic E-state index is 11.1. The van der Waals surface area contributed by atoms with Crippen LogP contribution in [0.4, 0.5) is 4.79 Å². The predicted molar refractivity (Wildman–Crippen MR) is 87.0 cm³/mol. The number of carbonyl (C=O) groups is 1. The van der Waals surface area contributed by atoms with Gasteiger partial charge in [-0.3, -0.25) is 0 Å². The summed E-state index contributed by atoms with van der Waals surface area (Å²) < 4.78 is 0. The molecule has 1 aliphatic heterocycles. The number of rotatable bonds is 4. The highest BCUT2D eigenvalue weighted by Gasteiger charge is 2.27. The van der Waals surface area contributed by atoms with Crippen molar-refractivity contribution in [2.24, 2.45) is 5.92 Å². The first-order valence-electron chi connectivity index (χ1n) is 7.83. The summed E-state index contributed by atoms with van der Waals surface area (Å²) in [6, 6.07) is 13.3. The van der Waals surface area contributed by atoms with E-state index in [9.17, 15) is 4.79 Å². The number of benzene rings is 1. The van der Waals surface area contributed by atoms with Crippen molar-refractivity contribution >= 4 is 6.09 Å². The van der Waals surface area contributed by atoms with Crippen LogP contribution in [0.15, 0.2) is 42.5 Å². The highest BCUT2D eigenvalue weighted by molar-refractivity contribution is 5.65. The summed E-state index contributed by atoms with van der Waals surface area (Å²) >= 11 is 0. The van der Waals surface area contributed by atoms with Crippen LogP contribution in [-0.2, 0) is 0 Å². The van der Waals surface area contributed by atoms with E-state index in [4.69, 9.17) is 5.11 Å². The summed E-state index contributed by atoms with van der Waals surface area (Å²) in [5.41, 5.74) is 2.46. The van der Waals surface area contributed by atoms with Crippen molar-refractivity contribution < 1.29 is 9.90 Å². The molecule has 0 saturated carbocycles. The normalized spacial score (nSPS) is 16.7. The molecule has 1 fully saturated rings. The van der Waals surface area contributed by atoms with Gasteiger partial charge in [0.05, 0.1) is 17.4 Å². The van der Waals surface area contributed by atoms with Crippen molar-refractivity contribution in [3.05, 3.63) is 48.2 Å². The van der Waals surface area contributed by atoms with E-state index >= 15 is 0 Å². The first-order valence-corrected chi connectivity index (χ1v) is 7.83. The number of hydrogen-bond donors (Lipinski definition) is 3. The van der Waals surface area contributed by atoms with E-state index in [1.54, 1.807) is 0 Å². The number of carboxylic acid groups (broad SMARTS) is 1. The zero-order chi connectivity index (χ0) is 16.1. The Morgan fingerprint density at radius 3 is 2.48 bits per heavy atom. The molecular weight excluding hydrogens is 292 g/mol. The lowest BCUT2D eigenvalue weighted by atomic mass is 9.88. The average molecular weight is 312 g/mol. The molecule has 0 spiro atoms. The van der Waals surface area contributed by atoms with Crippen LogP contribution in [0, 0.1) is 5.92 Å². The number of nitrogens with zero attached hydrogens (tertiary/aromatic N) is 2. The molecule has 2 heterocycles. The van der Waals surface area contributed by atoms with E-state index < -0.39 is 6.09 Å². The molecule has 1 aromatic heterocycles. The molecule has 1 unspecified atom stereocenters. The standard InChI is InChI=1S/C17H20N4O2/c22-17(23)19-16(13-8-10-18-11-9-13)15-7-6-14(20-21-15)12-4-2-1-3-5-12/h1-7,13,16,18-19H,8-11H2,(H,22,23). The first kappa shape index (κ1) is 15.4. The molecule has 1 aromatic carbocycles. The van der Waals surface area contributed by atoms with E-state index in [-0.39, 0.29) is 12.0 Å². The molecule has 3 rings (SSSR count). The second-order valence-electron chi connectivity index (χ2n) is 5.72. The minimum absolute atomic E-state index is 0.240. The van der Waals surface area contributed by atoms with Crippen LogP contribution in [-0.4, -0.2) is 34.5 Å². The van der Waals surface area contributed by atoms with E-state index in [1.165, 1.54) is 0 Å². The van der Waals surface area contributed by atoms with Gasteiger partial charge in [-0.05, 0) is 44.0 Å². The summed E-state index contributed by atoms with van der Waals surface area (Å²) in [6.45, 7) is 1.80. The molecule has 120 valence electrons. The van der Waals surface area contributed by atoms with Gasteiger partial charge in [0.2, 0.25) is 0 Å². The van der Waals surface area contributed by atoms with Crippen molar-refractivity contribution in [2.75, 3.05) is 13.1 Å². The van der Waals surface area contributed by atoms with Crippen molar-refractivity contribution in [3.63, 3.8) is 0 Å². The van der Waals surface area contributed by atoms with Crippen LogP contribution in [0.1, 0.15) is 24.6 Å². The summed E-state index contributed by atoms with van der Waals surface area (Å²) in [5, 5.41) is 23.6. The number of hydrogen-bond acceptors (Lipinski definition) is 4. The fraction of sp³-hybridized carbons (Fsp3) is 0.353. The zero-order valence-corrected chi connectivity index (χ0v) is 12.8. The van der Waals surface area contributed by atoms with Crippen LogP contribution in [0.25, 0.3) is 11.3 Å². The quantitative estimate of drug-likeness (QED) is 0.807. The van der Waals surface area contributed by atoms with Gasteiger partial charge in [0.1, 0.15) is 0 Å². The smallest absolute Gasteiger partial charge is 0.405 e. The Morgan fingerprint density at radius 1 is 1.13 bits per heavy atom. The molecule has 0 aliphatic carbocycles. The van der Waals surface area contributed by atoms with Gasteiger partial charge in [-0.15, -0.1) is 0 Å². The second-order valence-corrected chi connectivity index (χ2v) is 5.72. The maximum absolute atomic E-state index is 11.1. The van der Waals surface area contributed by atoms with Gasteiger partial charge < -0.3 is 15.7 Å². The van der Waals surface area contributed by atoms with E-state index in [1.807, 2.05) is 42.5 Å². The van der Waals surface area contributed by atoms with Crippen LogP contribution in [0.5, 0.6) is 0 Å². The third-order valence-electron chi connectivity index (χ3n) is 4.21. The van der Waals surface area contributed by atoms with Crippen molar-refractivity contribution in [1.29, 1.82) is 0 Å². The molecule has 0 bridgehead atoms. The second kappa shape index (κ2) is 7.19. The van der Waals surface area contributed by atoms with Crippen molar-refractivity contribution in [2.45, 2.75) is 18.9 Å². The average Bonchev–Trinajstić information content (AvgIpc) is 2.61. The summed E-state index contributed by atoms with van der Waals surface area (Å²) in [6.07, 6.45) is 0.822. The van der Waals surface area contributed by atoms with E-state index in [2.05, 4.69) is 20.8 Å². The highest BCUT2D eigenvalue weighted by atomic mass is 16.4. The summed E-state index contributed by atoms with van der Waals surface area (Å²) in [4.78, 5) is 11.1. The van der Waals surface area contributed by atoms with Crippen molar-refractivity contribution in [3.8, 4) is 11.3 Å². The van der Waals surface area contributed by atoms with E-state index in [0.717, 1.165) is 37.2 Å². The fourth-order valence-electron chi connectivity index (χ4n) is 3.02. The highest BCUT2D eigenvalue weighted by Crippen LogP contribution is 2.28. The van der Waals surface area contributed by atoms with Crippen LogP contribution >= 0.6 is 0 Å². The molecular formula is C17H20N4O2. The Labute approximate surface area is 135 Å². The maximum Gasteiger partial charge on any atom is 0.405 e.